The summed E-state index contributed by atoms with van der Waals surface area (Å²) in [6.07, 6.45) is 1.68. The van der Waals surface area contributed by atoms with Crippen molar-refractivity contribution < 1.29 is 9.53 Å². The molecule has 5 heteroatoms. The highest BCUT2D eigenvalue weighted by Gasteiger charge is 2.07. The molecule has 0 N–H and O–H groups in total. The smallest absolute Gasteiger partial charge is 0.316 e. The van der Waals surface area contributed by atoms with Gasteiger partial charge in [-0.15, -0.1) is 0 Å². The highest BCUT2D eigenvalue weighted by Crippen LogP contribution is 2.18. The van der Waals surface area contributed by atoms with Crippen LogP contribution in [0.1, 0.15) is 16.7 Å². The Labute approximate surface area is 145 Å². The zero-order valence-corrected chi connectivity index (χ0v) is 14.5. The maximum absolute atomic E-state index is 11.9. The third kappa shape index (κ3) is 4.32. The number of fused-ring (bicyclic) bond motifs is 1. The van der Waals surface area contributed by atoms with Gasteiger partial charge >= 0.3 is 5.97 Å². The fourth-order valence-corrected chi connectivity index (χ4v) is 3.14. The molecular weight excluding hydrogens is 320 g/mol. The van der Waals surface area contributed by atoms with Gasteiger partial charge in [0, 0.05) is 0 Å². The molecule has 1 heterocycles. The highest BCUT2D eigenvalue weighted by molar-refractivity contribution is 7.99. The van der Waals surface area contributed by atoms with Crippen LogP contribution in [0.25, 0.3) is 11.0 Å². The summed E-state index contributed by atoms with van der Waals surface area (Å²) in [6.45, 7) is 4.37. The van der Waals surface area contributed by atoms with Gasteiger partial charge in [-0.25, -0.2) is 4.98 Å². The number of ether oxygens (including phenoxy) is 1. The molecule has 0 atom stereocenters. The average Bonchev–Trinajstić information content (AvgIpc) is 2.57. The lowest BCUT2D eigenvalue weighted by atomic mass is 10.1. The molecule has 0 saturated heterocycles. The van der Waals surface area contributed by atoms with E-state index in [4.69, 9.17) is 4.74 Å². The van der Waals surface area contributed by atoms with Crippen LogP contribution in [0.5, 0.6) is 0 Å². The van der Waals surface area contributed by atoms with Gasteiger partial charge in [0.05, 0.1) is 23.0 Å². The number of aryl methyl sites for hydroxylation is 2. The van der Waals surface area contributed by atoms with Crippen LogP contribution in [0.4, 0.5) is 0 Å². The largest absolute Gasteiger partial charge is 0.460 e. The van der Waals surface area contributed by atoms with Crippen molar-refractivity contribution in [1.82, 2.24) is 9.97 Å². The lowest BCUT2D eigenvalue weighted by Crippen LogP contribution is -2.07. The van der Waals surface area contributed by atoms with Crippen molar-refractivity contribution in [1.29, 1.82) is 0 Å². The van der Waals surface area contributed by atoms with Gasteiger partial charge in [-0.3, -0.25) is 9.78 Å². The van der Waals surface area contributed by atoms with Crippen molar-refractivity contribution in [2.75, 3.05) is 5.75 Å². The number of aromatic nitrogens is 2. The van der Waals surface area contributed by atoms with E-state index in [1.807, 2.05) is 50.2 Å². The molecule has 122 valence electrons. The van der Waals surface area contributed by atoms with Crippen LogP contribution in [-0.4, -0.2) is 21.7 Å². The number of thioether (sulfide) groups is 1. The van der Waals surface area contributed by atoms with Crippen LogP contribution in [0.15, 0.2) is 53.7 Å². The van der Waals surface area contributed by atoms with E-state index in [1.165, 1.54) is 22.9 Å². The highest BCUT2D eigenvalue weighted by atomic mass is 32.2. The van der Waals surface area contributed by atoms with Gasteiger partial charge in [0.15, 0.2) is 0 Å². The van der Waals surface area contributed by atoms with Crippen molar-refractivity contribution >= 4 is 28.8 Å². The van der Waals surface area contributed by atoms with Gasteiger partial charge in [0.2, 0.25) is 0 Å². The summed E-state index contributed by atoms with van der Waals surface area (Å²) in [5.41, 5.74) is 5.02. The lowest BCUT2D eigenvalue weighted by Gasteiger charge is -2.07. The molecule has 0 spiro atoms. The summed E-state index contributed by atoms with van der Waals surface area (Å²) in [5.74, 6) is -0.0354. The van der Waals surface area contributed by atoms with E-state index in [0.29, 0.717) is 6.61 Å². The summed E-state index contributed by atoms with van der Waals surface area (Å²) in [4.78, 5) is 20.7. The number of nitrogens with zero attached hydrogens (tertiary/aromatic N) is 2. The maximum atomic E-state index is 11.9. The first-order valence-electron chi connectivity index (χ1n) is 7.67. The zero-order valence-electron chi connectivity index (χ0n) is 13.7. The predicted octanol–water partition coefficient (Wildman–Crippen LogP) is 4.08. The topological polar surface area (TPSA) is 52.1 Å². The number of para-hydroxylation sites is 2. The van der Waals surface area contributed by atoms with Gasteiger partial charge in [0.1, 0.15) is 11.6 Å². The monoisotopic (exact) mass is 338 g/mol. The van der Waals surface area contributed by atoms with E-state index in [0.717, 1.165) is 21.6 Å². The second-order valence-electron chi connectivity index (χ2n) is 5.64. The minimum Gasteiger partial charge on any atom is -0.460 e. The van der Waals surface area contributed by atoms with Crippen LogP contribution in [0.2, 0.25) is 0 Å². The van der Waals surface area contributed by atoms with Gasteiger partial charge < -0.3 is 4.74 Å². The van der Waals surface area contributed by atoms with Crippen molar-refractivity contribution in [3.63, 3.8) is 0 Å². The molecule has 1 aromatic heterocycles. The molecule has 2 aromatic carbocycles. The van der Waals surface area contributed by atoms with Gasteiger partial charge in [-0.2, -0.15) is 0 Å². The molecule has 0 aliphatic rings. The summed E-state index contributed by atoms with van der Waals surface area (Å²) in [5, 5.41) is 0.719. The van der Waals surface area contributed by atoms with Gasteiger partial charge in [0.25, 0.3) is 0 Å². The molecule has 0 aliphatic carbocycles. The molecular formula is C19H18N2O2S. The summed E-state index contributed by atoms with van der Waals surface area (Å²) >= 11 is 1.34. The number of carbonyl (C=O) groups excluding carboxylic acids is 1. The maximum Gasteiger partial charge on any atom is 0.316 e. The number of carbonyl (C=O) groups is 1. The molecule has 0 fully saturated rings. The predicted molar refractivity (Wildman–Crippen MR) is 96.0 cm³/mol. The molecule has 0 aliphatic heterocycles. The van der Waals surface area contributed by atoms with Crippen molar-refractivity contribution in [3.8, 4) is 0 Å². The first-order chi connectivity index (χ1) is 11.6. The van der Waals surface area contributed by atoms with Crippen LogP contribution >= 0.6 is 11.8 Å². The third-order valence-electron chi connectivity index (χ3n) is 3.45. The van der Waals surface area contributed by atoms with Crippen LogP contribution in [0, 0.1) is 13.8 Å². The number of esters is 1. The molecule has 0 radical (unpaired) electrons. The van der Waals surface area contributed by atoms with Crippen LogP contribution in [0.3, 0.4) is 0 Å². The Morgan fingerprint density at radius 3 is 2.54 bits per heavy atom. The number of benzene rings is 2. The Kier molecular flexibility index (Phi) is 5.11. The number of hydrogen-bond donors (Lipinski definition) is 0. The van der Waals surface area contributed by atoms with Crippen molar-refractivity contribution in [2.24, 2.45) is 0 Å². The Morgan fingerprint density at radius 2 is 1.79 bits per heavy atom. The Bertz CT molecular complexity index is 860. The SMILES string of the molecule is Cc1cc(C)cc(COC(=O)CSc2cnc3ccccc3n2)c1. The second-order valence-corrected chi connectivity index (χ2v) is 6.64. The molecule has 0 bridgehead atoms. The molecule has 0 amide bonds. The Hall–Kier alpha value is -2.40. The van der Waals surface area contributed by atoms with E-state index < -0.39 is 0 Å². The molecule has 3 aromatic rings. The summed E-state index contributed by atoms with van der Waals surface area (Å²) in [7, 11) is 0. The Morgan fingerprint density at radius 1 is 1.08 bits per heavy atom. The minimum atomic E-state index is -0.255. The Balaban J connectivity index is 1.54. The molecule has 4 nitrogen and oxygen atoms in total. The lowest BCUT2D eigenvalue weighted by molar-refractivity contribution is -0.141. The van der Waals surface area contributed by atoms with Gasteiger partial charge in [-0.1, -0.05) is 53.2 Å². The van der Waals surface area contributed by atoms with Crippen LogP contribution < -0.4 is 0 Å². The van der Waals surface area contributed by atoms with E-state index >= 15 is 0 Å². The molecule has 0 saturated carbocycles. The van der Waals surface area contributed by atoms with Crippen molar-refractivity contribution in [2.45, 2.75) is 25.5 Å². The standard InChI is InChI=1S/C19H18N2O2S/c1-13-7-14(2)9-15(8-13)11-23-19(22)12-24-18-10-20-16-5-3-4-6-17(16)21-18/h3-10H,11-12H2,1-2H3. The normalized spacial score (nSPS) is 10.8. The quantitative estimate of drug-likeness (QED) is 0.518. The van der Waals surface area contributed by atoms with Gasteiger partial charge in [-0.05, 0) is 31.5 Å². The number of hydrogen-bond acceptors (Lipinski definition) is 5. The first-order valence-corrected chi connectivity index (χ1v) is 8.66. The molecule has 24 heavy (non-hydrogen) atoms. The van der Waals surface area contributed by atoms with Crippen molar-refractivity contribution in [3.05, 3.63) is 65.4 Å². The van der Waals surface area contributed by atoms with E-state index in [2.05, 4.69) is 16.0 Å². The molecule has 0 unspecified atom stereocenters. The molecule has 3 rings (SSSR count). The number of rotatable bonds is 5. The second kappa shape index (κ2) is 7.45. The third-order valence-corrected chi connectivity index (χ3v) is 4.32. The first kappa shape index (κ1) is 16.5. The zero-order chi connectivity index (χ0) is 16.9. The van der Waals surface area contributed by atoms with Crippen LogP contribution in [-0.2, 0) is 16.1 Å². The average molecular weight is 338 g/mol. The summed E-state index contributed by atoms with van der Waals surface area (Å²) in [6, 6.07) is 13.8. The van der Waals surface area contributed by atoms with E-state index in [-0.39, 0.29) is 11.7 Å². The fourth-order valence-electron chi connectivity index (χ4n) is 2.50. The minimum absolute atomic E-state index is 0.220. The summed E-state index contributed by atoms with van der Waals surface area (Å²) < 4.78 is 5.34. The van der Waals surface area contributed by atoms with E-state index in [9.17, 15) is 4.79 Å². The van der Waals surface area contributed by atoms with E-state index in [1.54, 1.807) is 6.20 Å². The fraction of sp³-hybridized carbons (Fsp3) is 0.211.